The third-order valence-corrected chi connectivity index (χ3v) is 5.08. The van der Waals surface area contributed by atoms with Gasteiger partial charge >= 0.3 is 5.97 Å². The Balaban J connectivity index is 1.94. The number of ether oxygens (including phenoxy) is 2. The molecule has 10 heteroatoms. The molecule has 36 heavy (non-hydrogen) atoms. The molecule has 2 N–H and O–H groups in total. The normalized spacial score (nSPS) is 10.5. The van der Waals surface area contributed by atoms with Crippen molar-refractivity contribution in [2.24, 2.45) is 0 Å². The number of nitrogens with zero attached hydrogens (tertiary/aromatic N) is 2. The van der Waals surface area contributed by atoms with Crippen molar-refractivity contribution >= 4 is 17.7 Å². The number of benzene rings is 2. The first-order chi connectivity index (χ1) is 17.4. The molecule has 0 aliphatic carbocycles. The number of methoxy groups -OCH3 is 1. The van der Waals surface area contributed by atoms with Crippen LogP contribution in [0.1, 0.15) is 26.5 Å². The summed E-state index contributed by atoms with van der Waals surface area (Å²) in [4.78, 5) is 28.7. The monoisotopic (exact) mass is 487 g/mol. The number of hydrogen-bond acceptors (Lipinski definition) is 7. The van der Waals surface area contributed by atoms with E-state index in [9.17, 15) is 24.3 Å². The highest BCUT2D eigenvalue weighted by Gasteiger charge is 2.21. The molecular formula is C26H18FN3O6. The number of aromatic carboxylic acids is 1. The quantitative estimate of drug-likeness (QED) is 0.333. The van der Waals surface area contributed by atoms with Gasteiger partial charge in [0.05, 0.1) is 17.5 Å². The molecule has 0 spiro atoms. The number of halogens is 1. The summed E-state index contributed by atoms with van der Waals surface area (Å²) >= 11 is 0. The SMILES string of the molecule is COCOc1cc(F)ccc1-c1cc(-c2cccc(C(=O)O)c2)c(C#N)c(NC(=O)c2ccco2)n1. The van der Waals surface area contributed by atoms with Gasteiger partial charge in [-0.15, -0.1) is 0 Å². The van der Waals surface area contributed by atoms with E-state index in [-0.39, 0.29) is 40.9 Å². The van der Waals surface area contributed by atoms with Crippen molar-refractivity contribution in [2.45, 2.75) is 0 Å². The summed E-state index contributed by atoms with van der Waals surface area (Å²) in [6.45, 7) is -0.164. The van der Waals surface area contributed by atoms with Crippen LogP contribution in [0.15, 0.2) is 71.3 Å². The van der Waals surface area contributed by atoms with Crippen LogP contribution in [0.2, 0.25) is 0 Å². The average Bonchev–Trinajstić information content (AvgIpc) is 3.42. The largest absolute Gasteiger partial charge is 0.478 e. The number of nitriles is 1. The Morgan fingerprint density at radius 3 is 2.67 bits per heavy atom. The molecule has 4 aromatic rings. The minimum absolute atomic E-state index is 0.00169. The number of carboxylic acids is 1. The third-order valence-electron chi connectivity index (χ3n) is 5.08. The third kappa shape index (κ3) is 5.06. The Labute approximate surface area is 204 Å². The zero-order valence-electron chi connectivity index (χ0n) is 18.8. The predicted molar refractivity (Wildman–Crippen MR) is 126 cm³/mol. The van der Waals surface area contributed by atoms with Gasteiger partial charge in [-0.25, -0.2) is 14.2 Å². The molecule has 0 aliphatic rings. The van der Waals surface area contributed by atoms with Gasteiger partial charge in [0, 0.05) is 24.3 Å². The van der Waals surface area contributed by atoms with Crippen molar-refractivity contribution < 1.29 is 33.0 Å². The van der Waals surface area contributed by atoms with Gasteiger partial charge in [0.2, 0.25) is 0 Å². The Hall–Kier alpha value is -5.01. The number of carboxylic acid groups (broad SMARTS) is 1. The molecule has 0 aliphatic heterocycles. The first-order valence-corrected chi connectivity index (χ1v) is 10.5. The second kappa shape index (κ2) is 10.5. The standard InChI is InChI=1S/C26H18FN3O6/c1-34-14-36-23-11-17(27)7-8-18(23)21-12-19(15-4-2-5-16(10-15)26(32)33)20(13-28)24(29-21)30-25(31)22-6-3-9-35-22/h2-12H,14H2,1H3,(H,32,33)(H,29,30,31). The highest BCUT2D eigenvalue weighted by Crippen LogP contribution is 2.36. The number of aromatic nitrogens is 1. The fraction of sp³-hybridized carbons (Fsp3) is 0.0769. The lowest BCUT2D eigenvalue weighted by atomic mass is 9.96. The van der Waals surface area contributed by atoms with Crippen molar-refractivity contribution in [2.75, 3.05) is 19.2 Å². The lowest BCUT2D eigenvalue weighted by molar-refractivity contribution is 0.0513. The molecule has 0 radical (unpaired) electrons. The Kier molecular flexibility index (Phi) is 7.04. The predicted octanol–water partition coefficient (Wildman–Crippen LogP) is 4.95. The summed E-state index contributed by atoms with van der Waals surface area (Å²) < 4.78 is 29.5. The molecule has 0 bridgehead atoms. The summed E-state index contributed by atoms with van der Waals surface area (Å²) in [7, 11) is 1.41. The molecule has 0 atom stereocenters. The number of nitrogens with one attached hydrogen (secondary N) is 1. The van der Waals surface area contributed by atoms with E-state index in [1.807, 2.05) is 6.07 Å². The van der Waals surface area contributed by atoms with Crippen LogP contribution in [0.4, 0.5) is 10.2 Å². The molecule has 0 saturated carbocycles. The topological polar surface area (TPSA) is 135 Å². The van der Waals surface area contributed by atoms with Gasteiger partial charge in [0.1, 0.15) is 23.2 Å². The summed E-state index contributed by atoms with van der Waals surface area (Å²) in [5, 5.41) is 22.0. The molecule has 2 aromatic heterocycles. The van der Waals surface area contributed by atoms with Crippen LogP contribution in [-0.2, 0) is 4.74 Å². The number of carbonyl (C=O) groups is 2. The minimum atomic E-state index is -1.15. The summed E-state index contributed by atoms with van der Waals surface area (Å²) in [5.41, 5.74) is 1.25. The van der Waals surface area contributed by atoms with Crippen molar-refractivity contribution in [3.05, 3.63) is 89.6 Å². The van der Waals surface area contributed by atoms with E-state index in [1.165, 1.54) is 61.9 Å². The summed E-state index contributed by atoms with van der Waals surface area (Å²) in [6, 6.07) is 16.3. The van der Waals surface area contributed by atoms with E-state index in [0.29, 0.717) is 16.7 Å². The molecule has 0 saturated heterocycles. The highest BCUT2D eigenvalue weighted by molar-refractivity contribution is 6.03. The van der Waals surface area contributed by atoms with E-state index in [4.69, 9.17) is 13.9 Å². The molecule has 9 nitrogen and oxygen atoms in total. The smallest absolute Gasteiger partial charge is 0.335 e. The second-order valence-electron chi connectivity index (χ2n) is 7.40. The van der Waals surface area contributed by atoms with Crippen LogP contribution >= 0.6 is 0 Å². The maximum Gasteiger partial charge on any atom is 0.335 e. The van der Waals surface area contributed by atoms with Crippen LogP contribution in [0.25, 0.3) is 22.4 Å². The Morgan fingerprint density at radius 2 is 1.97 bits per heavy atom. The maximum atomic E-state index is 14.0. The Bertz CT molecular complexity index is 1480. The fourth-order valence-electron chi connectivity index (χ4n) is 3.46. The lowest BCUT2D eigenvalue weighted by Gasteiger charge is -2.16. The van der Waals surface area contributed by atoms with Gasteiger partial charge < -0.3 is 24.3 Å². The van der Waals surface area contributed by atoms with Gasteiger partial charge in [-0.1, -0.05) is 12.1 Å². The molecule has 1 amide bonds. The Morgan fingerprint density at radius 1 is 1.14 bits per heavy atom. The average molecular weight is 487 g/mol. The highest BCUT2D eigenvalue weighted by atomic mass is 19.1. The zero-order chi connectivity index (χ0) is 25.7. The fourth-order valence-corrected chi connectivity index (χ4v) is 3.46. The van der Waals surface area contributed by atoms with Crippen LogP contribution in [-0.4, -0.2) is 35.9 Å². The first-order valence-electron chi connectivity index (χ1n) is 10.5. The number of amides is 1. The number of rotatable bonds is 8. The molecule has 180 valence electrons. The van der Waals surface area contributed by atoms with E-state index in [0.717, 1.165) is 6.07 Å². The molecule has 2 aromatic carbocycles. The van der Waals surface area contributed by atoms with Gasteiger partial charge in [0.25, 0.3) is 5.91 Å². The number of carbonyl (C=O) groups excluding carboxylic acids is 1. The van der Waals surface area contributed by atoms with E-state index in [2.05, 4.69) is 10.3 Å². The van der Waals surface area contributed by atoms with Crippen molar-refractivity contribution in [3.8, 4) is 34.2 Å². The first kappa shape index (κ1) is 24.1. The van der Waals surface area contributed by atoms with Crippen molar-refractivity contribution in [3.63, 3.8) is 0 Å². The zero-order valence-corrected chi connectivity index (χ0v) is 18.8. The van der Waals surface area contributed by atoms with Crippen LogP contribution in [0, 0.1) is 17.1 Å². The van der Waals surface area contributed by atoms with E-state index < -0.39 is 17.7 Å². The van der Waals surface area contributed by atoms with Gasteiger partial charge in [-0.3, -0.25) is 4.79 Å². The number of hydrogen-bond donors (Lipinski definition) is 2. The molecule has 4 rings (SSSR count). The summed E-state index contributed by atoms with van der Waals surface area (Å²) in [6.07, 6.45) is 1.32. The van der Waals surface area contributed by atoms with E-state index in [1.54, 1.807) is 6.07 Å². The number of pyridine rings is 1. The molecular weight excluding hydrogens is 469 g/mol. The minimum Gasteiger partial charge on any atom is -0.478 e. The van der Waals surface area contributed by atoms with Gasteiger partial charge in [-0.05, 0) is 48.0 Å². The van der Waals surface area contributed by atoms with E-state index >= 15 is 0 Å². The molecule has 0 unspecified atom stereocenters. The van der Waals surface area contributed by atoms with Crippen LogP contribution in [0.5, 0.6) is 5.75 Å². The number of furan rings is 1. The number of anilines is 1. The molecule has 2 heterocycles. The van der Waals surface area contributed by atoms with Crippen LogP contribution in [0.3, 0.4) is 0 Å². The second-order valence-corrected chi connectivity index (χ2v) is 7.40. The van der Waals surface area contributed by atoms with Gasteiger partial charge in [0.15, 0.2) is 18.4 Å². The summed E-state index contributed by atoms with van der Waals surface area (Å²) in [5.74, 6) is -2.35. The maximum absolute atomic E-state index is 14.0. The molecule has 0 fully saturated rings. The van der Waals surface area contributed by atoms with Crippen LogP contribution < -0.4 is 10.1 Å². The van der Waals surface area contributed by atoms with Crippen molar-refractivity contribution in [1.29, 1.82) is 5.26 Å². The van der Waals surface area contributed by atoms with Gasteiger partial charge in [-0.2, -0.15) is 5.26 Å². The van der Waals surface area contributed by atoms with Crippen molar-refractivity contribution in [1.82, 2.24) is 4.98 Å². The lowest BCUT2D eigenvalue weighted by Crippen LogP contribution is -2.14.